The highest BCUT2D eigenvalue weighted by Crippen LogP contribution is 2.30. The quantitative estimate of drug-likeness (QED) is 0.848. The normalized spacial score (nSPS) is 23.5. The lowest BCUT2D eigenvalue weighted by molar-refractivity contribution is 0.0561. The van der Waals surface area contributed by atoms with Crippen molar-refractivity contribution in [2.75, 3.05) is 27.3 Å². The van der Waals surface area contributed by atoms with Gasteiger partial charge in [0, 0.05) is 37.2 Å². The fourth-order valence-corrected chi connectivity index (χ4v) is 4.46. The van der Waals surface area contributed by atoms with Crippen LogP contribution in [0.3, 0.4) is 0 Å². The van der Waals surface area contributed by atoms with Gasteiger partial charge in [0.15, 0.2) is 0 Å². The van der Waals surface area contributed by atoms with E-state index < -0.39 is 21.1 Å². The van der Waals surface area contributed by atoms with Gasteiger partial charge >= 0.3 is 0 Å². The standard InChI is InChI=1S/C14H19ClFNO3S/c1-17(2)21(18,19)14-6-7-20-9-10(14)8-11-12(15)4-3-5-13(11)16/h3-5,10,14H,6-9H2,1-2H3/t10-,14+/m1/s1. The number of nitrogens with zero attached hydrogens (tertiary/aromatic N) is 1. The molecule has 1 fully saturated rings. The van der Waals surface area contributed by atoms with Gasteiger partial charge in [-0.15, -0.1) is 0 Å². The molecule has 1 aliphatic rings. The Hall–Kier alpha value is -0.690. The summed E-state index contributed by atoms with van der Waals surface area (Å²) in [5.41, 5.74) is 0.355. The maximum atomic E-state index is 13.9. The van der Waals surface area contributed by atoms with Crippen molar-refractivity contribution in [1.29, 1.82) is 0 Å². The van der Waals surface area contributed by atoms with Gasteiger partial charge in [-0.2, -0.15) is 0 Å². The van der Waals surface area contributed by atoms with Crippen LogP contribution >= 0.6 is 11.6 Å². The molecule has 0 unspecified atom stereocenters. The molecule has 0 saturated carbocycles. The van der Waals surface area contributed by atoms with E-state index in [-0.39, 0.29) is 12.3 Å². The van der Waals surface area contributed by atoms with E-state index in [2.05, 4.69) is 0 Å². The summed E-state index contributed by atoms with van der Waals surface area (Å²) in [4.78, 5) is 0. The highest BCUT2D eigenvalue weighted by atomic mass is 35.5. The van der Waals surface area contributed by atoms with Gasteiger partial charge in [0.05, 0.1) is 11.9 Å². The number of halogens is 2. The molecule has 1 aromatic rings. The van der Waals surface area contributed by atoms with Crippen LogP contribution in [0.5, 0.6) is 0 Å². The summed E-state index contributed by atoms with van der Waals surface area (Å²) in [6.07, 6.45) is 0.667. The predicted molar refractivity (Wildman–Crippen MR) is 80.4 cm³/mol. The second-order valence-corrected chi connectivity index (χ2v) is 8.17. The Bertz CT molecular complexity index is 586. The van der Waals surface area contributed by atoms with E-state index >= 15 is 0 Å². The summed E-state index contributed by atoms with van der Waals surface area (Å²) in [7, 11) is -0.383. The Morgan fingerprint density at radius 1 is 1.43 bits per heavy atom. The molecule has 118 valence electrons. The molecule has 2 atom stereocenters. The average molecular weight is 336 g/mol. The van der Waals surface area contributed by atoms with Gasteiger partial charge in [-0.25, -0.2) is 17.1 Å². The molecular formula is C14H19ClFNO3S. The van der Waals surface area contributed by atoms with Gasteiger partial charge in [0.25, 0.3) is 0 Å². The Labute approximate surface area is 129 Å². The average Bonchev–Trinajstić information content (AvgIpc) is 2.43. The van der Waals surface area contributed by atoms with E-state index in [1.54, 1.807) is 6.07 Å². The molecular weight excluding hydrogens is 317 g/mol. The number of ether oxygens (including phenoxy) is 1. The molecule has 1 aromatic carbocycles. The molecule has 0 aliphatic carbocycles. The molecule has 0 amide bonds. The van der Waals surface area contributed by atoms with Crippen molar-refractivity contribution >= 4 is 21.6 Å². The zero-order valence-electron chi connectivity index (χ0n) is 12.1. The van der Waals surface area contributed by atoms with Crippen LogP contribution < -0.4 is 0 Å². The van der Waals surface area contributed by atoms with Gasteiger partial charge in [-0.1, -0.05) is 17.7 Å². The zero-order chi connectivity index (χ0) is 15.6. The van der Waals surface area contributed by atoms with Crippen LogP contribution in [0.15, 0.2) is 18.2 Å². The van der Waals surface area contributed by atoms with Gasteiger partial charge in [0.2, 0.25) is 10.0 Å². The maximum absolute atomic E-state index is 13.9. The molecule has 1 saturated heterocycles. The first-order valence-corrected chi connectivity index (χ1v) is 8.64. The topological polar surface area (TPSA) is 46.6 Å². The minimum Gasteiger partial charge on any atom is -0.381 e. The largest absolute Gasteiger partial charge is 0.381 e. The van der Waals surface area contributed by atoms with E-state index in [0.717, 1.165) is 0 Å². The van der Waals surface area contributed by atoms with Gasteiger partial charge in [-0.3, -0.25) is 0 Å². The van der Waals surface area contributed by atoms with E-state index in [1.165, 1.54) is 30.5 Å². The second-order valence-electron chi connectivity index (χ2n) is 5.39. The highest BCUT2D eigenvalue weighted by molar-refractivity contribution is 7.89. The summed E-state index contributed by atoms with van der Waals surface area (Å²) in [5, 5.41) is -0.251. The molecule has 7 heteroatoms. The molecule has 0 N–H and O–H groups in total. The first-order chi connectivity index (χ1) is 9.84. The number of sulfonamides is 1. The van der Waals surface area contributed by atoms with E-state index in [1.807, 2.05) is 0 Å². The lowest BCUT2D eigenvalue weighted by atomic mass is 9.93. The van der Waals surface area contributed by atoms with Crippen molar-refractivity contribution in [1.82, 2.24) is 4.31 Å². The van der Waals surface area contributed by atoms with Crippen LogP contribution in [0, 0.1) is 11.7 Å². The third kappa shape index (κ3) is 3.56. The smallest absolute Gasteiger partial charge is 0.216 e. The van der Waals surface area contributed by atoms with Crippen molar-refractivity contribution in [2.45, 2.75) is 18.1 Å². The maximum Gasteiger partial charge on any atom is 0.216 e. The van der Waals surface area contributed by atoms with Crippen LogP contribution in [-0.2, 0) is 21.2 Å². The van der Waals surface area contributed by atoms with Crippen molar-refractivity contribution in [3.63, 3.8) is 0 Å². The Balaban J connectivity index is 2.28. The monoisotopic (exact) mass is 335 g/mol. The lowest BCUT2D eigenvalue weighted by Gasteiger charge is -2.33. The molecule has 1 heterocycles. The third-order valence-electron chi connectivity index (χ3n) is 3.82. The van der Waals surface area contributed by atoms with Crippen molar-refractivity contribution in [3.8, 4) is 0 Å². The Morgan fingerprint density at radius 3 is 2.76 bits per heavy atom. The summed E-state index contributed by atoms with van der Waals surface area (Å²) >= 11 is 6.03. The van der Waals surface area contributed by atoms with Crippen molar-refractivity contribution < 1.29 is 17.5 Å². The summed E-state index contributed by atoms with van der Waals surface area (Å²) in [6.45, 7) is 0.696. The minimum absolute atomic E-state index is 0.253. The van der Waals surface area contributed by atoms with Crippen molar-refractivity contribution in [3.05, 3.63) is 34.6 Å². The van der Waals surface area contributed by atoms with E-state index in [0.29, 0.717) is 30.2 Å². The third-order valence-corrected chi connectivity index (χ3v) is 6.58. The van der Waals surface area contributed by atoms with Gasteiger partial charge in [0.1, 0.15) is 5.82 Å². The first-order valence-electron chi connectivity index (χ1n) is 6.76. The molecule has 0 bridgehead atoms. The van der Waals surface area contributed by atoms with Gasteiger partial charge < -0.3 is 4.74 Å². The van der Waals surface area contributed by atoms with Crippen LogP contribution in [0.25, 0.3) is 0 Å². The first kappa shape index (κ1) is 16.7. The molecule has 1 aliphatic heterocycles. The second kappa shape index (κ2) is 6.60. The molecule has 0 radical (unpaired) electrons. The summed E-state index contributed by atoms with van der Waals surface area (Å²) in [5.74, 6) is -0.713. The van der Waals surface area contributed by atoms with Crippen LogP contribution in [0.4, 0.5) is 4.39 Å². The molecule has 21 heavy (non-hydrogen) atoms. The Morgan fingerprint density at radius 2 is 2.14 bits per heavy atom. The highest BCUT2D eigenvalue weighted by Gasteiger charge is 2.38. The fourth-order valence-electron chi connectivity index (χ4n) is 2.62. The number of hydrogen-bond donors (Lipinski definition) is 0. The molecule has 0 aromatic heterocycles. The number of rotatable bonds is 4. The van der Waals surface area contributed by atoms with Gasteiger partial charge in [-0.05, 0) is 25.0 Å². The van der Waals surface area contributed by atoms with E-state index in [4.69, 9.17) is 16.3 Å². The zero-order valence-corrected chi connectivity index (χ0v) is 13.6. The minimum atomic E-state index is -3.41. The summed E-state index contributed by atoms with van der Waals surface area (Å²) in [6, 6.07) is 4.48. The van der Waals surface area contributed by atoms with Crippen molar-refractivity contribution in [2.24, 2.45) is 5.92 Å². The number of hydrogen-bond acceptors (Lipinski definition) is 3. The lowest BCUT2D eigenvalue weighted by Crippen LogP contribution is -2.44. The van der Waals surface area contributed by atoms with Crippen LogP contribution in [0.2, 0.25) is 5.02 Å². The van der Waals surface area contributed by atoms with Crippen LogP contribution in [0.1, 0.15) is 12.0 Å². The molecule has 4 nitrogen and oxygen atoms in total. The van der Waals surface area contributed by atoms with Crippen LogP contribution in [-0.4, -0.2) is 45.3 Å². The number of benzene rings is 1. The summed E-state index contributed by atoms with van der Waals surface area (Å²) < 4.78 is 45.3. The fraction of sp³-hybridized carbons (Fsp3) is 0.571. The SMILES string of the molecule is CN(C)S(=O)(=O)[C@H]1CCOC[C@H]1Cc1c(F)cccc1Cl. The predicted octanol–water partition coefficient (Wildman–Crippen LogP) is 2.32. The Kier molecular flexibility index (Phi) is 5.24. The van der Waals surface area contributed by atoms with E-state index in [9.17, 15) is 12.8 Å². The molecule has 2 rings (SSSR count). The molecule has 0 spiro atoms.